The van der Waals surface area contributed by atoms with Gasteiger partial charge in [0.25, 0.3) is 0 Å². The van der Waals surface area contributed by atoms with Crippen LogP contribution >= 0.6 is 11.6 Å². The Balaban J connectivity index is 2.26. The minimum atomic E-state index is -3.66. The number of benzene rings is 1. The second kappa shape index (κ2) is 6.52. The van der Waals surface area contributed by atoms with Crippen LogP contribution in [0.2, 0.25) is 5.02 Å². The topological polar surface area (TPSA) is 92.4 Å². The van der Waals surface area contributed by atoms with E-state index < -0.39 is 10.0 Å². The molecule has 1 aromatic carbocycles. The predicted molar refractivity (Wildman–Crippen MR) is 83.8 cm³/mol. The third kappa shape index (κ3) is 3.69. The van der Waals surface area contributed by atoms with Crippen LogP contribution in [0.15, 0.2) is 17.0 Å². The molecule has 2 rings (SSSR count). The predicted octanol–water partition coefficient (Wildman–Crippen LogP) is 2.06. The van der Waals surface area contributed by atoms with Gasteiger partial charge in [-0.25, -0.2) is 13.1 Å². The summed E-state index contributed by atoms with van der Waals surface area (Å²) in [5.41, 5.74) is 6.61. The Morgan fingerprint density at radius 3 is 2.67 bits per heavy atom. The molecule has 2 atom stereocenters. The Kier molecular flexibility index (Phi) is 5.14. The summed E-state index contributed by atoms with van der Waals surface area (Å²) in [6.07, 6.45) is 3.57. The first kappa shape index (κ1) is 16.5. The van der Waals surface area contributed by atoms with E-state index in [1.165, 1.54) is 12.1 Å². The van der Waals surface area contributed by atoms with Crippen LogP contribution in [0, 0.1) is 12.8 Å². The molecule has 0 radical (unpaired) electrons. The van der Waals surface area contributed by atoms with Crippen molar-refractivity contribution in [2.75, 3.05) is 12.3 Å². The summed E-state index contributed by atoms with van der Waals surface area (Å²) in [5.74, 6) is -0.0285. The Bertz CT molecular complexity index is 596. The molecule has 2 unspecified atom stereocenters. The molecule has 0 bridgehead atoms. The number of sulfonamides is 1. The van der Waals surface area contributed by atoms with Crippen LogP contribution in [0.4, 0.5) is 5.69 Å². The first-order chi connectivity index (χ1) is 9.85. The van der Waals surface area contributed by atoms with Crippen molar-refractivity contribution in [1.29, 1.82) is 0 Å². The molecule has 0 aromatic heterocycles. The van der Waals surface area contributed by atoms with E-state index in [0.29, 0.717) is 10.6 Å². The van der Waals surface area contributed by atoms with Gasteiger partial charge in [-0.3, -0.25) is 0 Å². The summed E-state index contributed by atoms with van der Waals surface area (Å²) in [6.45, 7) is 1.71. The Morgan fingerprint density at radius 1 is 1.38 bits per heavy atom. The van der Waals surface area contributed by atoms with E-state index in [4.69, 9.17) is 17.3 Å². The number of halogens is 1. The quantitative estimate of drug-likeness (QED) is 0.736. The van der Waals surface area contributed by atoms with Gasteiger partial charge in [0.1, 0.15) is 0 Å². The second-order valence-corrected chi connectivity index (χ2v) is 7.69. The Hall–Kier alpha value is -0.820. The lowest BCUT2D eigenvalue weighted by Gasteiger charge is -2.30. The standard InChI is InChI=1S/C14H21ClN2O3S/c1-9-6-11(7-12(16)14(9)15)21(19,20)17-13-5-3-2-4-10(13)8-18/h6-7,10,13,17-18H,2-5,8,16H2,1H3. The molecular formula is C14H21ClN2O3S. The monoisotopic (exact) mass is 332 g/mol. The highest BCUT2D eigenvalue weighted by Crippen LogP contribution is 2.29. The number of aliphatic hydroxyl groups excluding tert-OH is 1. The zero-order valence-electron chi connectivity index (χ0n) is 12.0. The molecule has 0 saturated heterocycles. The Labute approximate surface area is 130 Å². The van der Waals surface area contributed by atoms with Crippen molar-refractivity contribution in [2.24, 2.45) is 5.92 Å². The summed E-state index contributed by atoms with van der Waals surface area (Å²) in [6, 6.07) is 2.65. The van der Waals surface area contributed by atoms with E-state index >= 15 is 0 Å². The van der Waals surface area contributed by atoms with Gasteiger partial charge in [-0.2, -0.15) is 0 Å². The molecule has 1 aliphatic carbocycles. The lowest BCUT2D eigenvalue weighted by atomic mass is 9.86. The van der Waals surface area contributed by atoms with E-state index in [2.05, 4.69) is 4.72 Å². The van der Waals surface area contributed by atoms with Gasteiger partial charge in [-0.05, 0) is 43.4 Å². The molecule has 1 aromatic rings. The number of nitrogens with one attached hydrogen (secondary N) is 1. The number of aliphatic hydroxyl groups is 1. The molecule has 7 heteroatoms. The first-order valence-corrected chi connectivity index (χ1v) is 8.90. The maximum Gasteiger partial charge on any atom is 0.240 e. The number of rotatable bonds is 4. The van der Waals surface area contributed by atoms with Crippen LogP contribution in [0.1, 0.15) is 31.2 Å². The van der Waals surface area contributed by atoms with E-state index in [1.54, 1.807) is 6.92 Å². The second-order valence-electron chi connectivity index (χ2n) is 5.60. The molecule has 0 amide bonds. The Morgan fingerprint density at radius 2 is 2.05 bits per heavy atom. The van der Waals surface area contributed by atoms with Crippen LogP contribution in [0.3, 0.4) is 0 Å². The molecule has 118 valence electrons. The van der Waals surface area contributed by atoms with Crippen molar-refractivity contribution in [2.45, 2.75) is 43.5 Å². The summed E-state index contributed by atoms with van der Waals surface area (Å²) >= 11 is 5.96. The zero-order chi connectivity index (χ0) is 15.6. The number of hydrogen-bond acceptors (Lipinski definition) is 4. The molecule has 0 aliphatic heterocycles. The normalized spacial score (nSPS) is 23.2. The highest BCUT2D eigenvalue weighted by Gasteiger charge is 2.29. The molecule has 21 heavy (non-hydrogen) atoms. The molecule has 0 heterocycles. The highest BCUT2D eigenvalue weighted by atomic mass is 35.5. The highest BCUT2D eigenvalue weighted by molar-refractivity contribution is 7.89. The maximum atomic E-state index is 12.5. The van der Waals surface area contributed by atoms with Crippen LogP contribution in [0.25, 0.3) is 0 Å². The summed E-state index contributed by atoms with van der Waals surface area (Å²) in [5, 5.41) is 9.76. The summed E-state index contributed by atoms with van der Waals surface area (Å²) in [7, 11) is -3.66. The average Bonchev–Trinajstić information content (AvgIpc) is 2.44. The van der Waals surface area contributed by atoms with Crippen LogP contribution in [-0.2, 0) is 10.0 Å². The number of nitrogen functional groups attached to an aromatic ring is 1. The molecule has 0 spiro atoms. The summed E-state index contributed by atoms with van der Waals surface area (Å²) in [4.78, 5) is 0.115. The number of aryl methyl sites for hydroxylation is 1. The third-order valence-electron chi connectivity index (χ3n) is 4.02. The molecule has 1 aliphatic rings. The van der Waals surface area contributed by atoms with Gasteiger partial charge in [-0.1, -0.05) is 24.4 Å². The minimum absolute atomic E-state index is 0.00499. The lowest BCUT2D eigenvalue weighted by molar-refractivity contribution is 0.164. The fraction of sp³-hybridized carbons (Fsp3) is 0.571. The van der Waals surface area contributed by atoms with Gasteiger partial charge in [-0.15, -0.1) is 0 Å². The molecular weight excluding hydrogens is 312 g/mol. The smallest absolute Gasteiger partial charge is 0.240 e. The lowest BCUT2D eigenvalue weighted by Crippen LogP contribution is -2.43. The number of anilines is 1. The van der Waals surface area contributed by atoms with Crippen LogP contribution in [-0.4, -0.2) is 26.2 Å². The zero-order valence-corrected chi connectivity index (χ0v) is 13.5. The molecule has 1 fully saturated rings. The van der Waals surface area contributed by atoms with Crippen LogP contribution in [0.5, 0.6) is 0 Å². The van der Waals surface area contributed by atoms with Crippen molar-refractivity contribution < 1.29 is 13.5 Å². The number of hydrogen-bond donors (Lipinski definition) is 3. The van der Waals surface area contributed by atoms with Gasteiger partial charge in [0, 0.05) is 12.6 Å². The van der Waals surface area contributed by atoms with Crippen molar-refractivity contribution in [3.63, 3.8) is 0 Å². The van der Waals surface area contributed by atoms with Crippen molar-refractivity contribution in [3.8, 4) is 0 Å². The molecule has 1 saturated carbocycles. The summed E-state index contributed by atoms with van der Waals surface area (Å²) < 4.78 is 27.7. The third-order valence-corrected chi connectivity index (χ3v) is 6.00. The SMILES string of the molecule is Cc1cc(S(=O)(=O)NC2CCCCC2CO)cc(N)c1Cl. The van der Waals surface area contributed by atoms with E-state index in [9.17, 15) is 13.5 Å². The van der Waals surface area contributed by atoms with Crippen molar-refractivity contribution >= 4 is 27.3 Å². The van der Waals surface area contributed by atoms with Crippen LogP contribution < -0.4 is 10.5 Å². The van der Waals surface area contributed by atoms with E-state index in [0.717, 1.165) is 25.7 Å². The van der Waals surface area contributed by atoms with Crippen molar-refractivity contribution in [1.82, 2.24) is 4.72 Å². The van der Waals surface area contributed by atoms with Gasteiger partial charge in [0.05, 0.1) is 15.6 Å². The molecule has 4 N–H and O–H groups in total. The van der Waals surface area contributed by atoms with Gasteiger partial charge < -0.3 is 10.8 Å². The fourth-order valence-corrected chi connectivity index (χ4v) is 4.33. The average molecular weight is 333 g/mol. The molecule has 5 nitrogen and oxygen atoms in total. The van der Waals surface area contributed by atoms with Gasteiger partial charge in [0.15, 0.2) is 0 Å². The first-order valence-electron chi connectivity index (χ1n) is 7.04. The fourth-order valence-electron chi connectivity index (χ4n) is 2.77. The van der Waals surface area contributed by atoms with Gasteiger partial charge in [0.2, 0.25) is 10.0 Å². The van der Waals surface area contributed by atoms with Crippen molar-refractivity contribution in [3.05, 3.63) is 22.7 Å². The largest absolute Gasteiger partial charge is 0.397 e. The van der Waals surface area contributed by atoms with E-state index in [1.807, 2.05) is 0 Å². The number of nitrogens with two attached hydrogens (primary N) is 1. The minimum Gasteiger partial charge on any atom is -0.397 e. The van der Waals surface area contributed by atoms with Gasteiger partial charge >= 0.3 is 0 Å². The van der Waals surface area contributed by atoms with E-state index in [-0.39, 0.29) is 29.1 Å². The maximum absolute atomic E-state index is 12.5.